The molecule has 1 atom stereocenters. The zero-order valence-corrected chi connectivity index (χ0v) is 11.9. The lowest BCUT2D eigenvalue weighted by Crippen LogP contribution is -2.49. The number of halogens is 1. The van der Waals surface area contributed by atoms with Crippen LogP contribution in [0.1, 0.15) is 31.1 Å². The number of hydrogen-bond donors (Lipinski definition) is 2. The number of amides is 1. The fourth-order valence-electron chi connectivity index (χ4n) is 1.66. The van der Waals surface area contributed by atoms with Gasteiger partial charge in [0, 0.05) is 5.56 Å². The van der Waals surface area contributed by atoms with Gasteiger partial charge in [0.25, 0.3) is 5.91 Å². The SMILES string of the molecule is COc1cc(C(=O)NC(C(=O)O)C(C)(C)C)ccc1F. The van der Waals surface area contributed by atoms with Crippen LogP contribution in [0, 0.1) is 11.2 Å². The van der Waals surface area contributed by atoms with E-state index >= 15 is 0 Å². The van der Waals surface area contributed by atoms with Gasteiger partial charge in [-0.05, 0) is 23.6 Å². The van der Waals surface area contributed by atoms with Gasteiger partial charge in [-0.3, -0.25) is 4.79 Å². The van der Waals surface area contributed by atoms with Gasteiger partial charge in [0.05, 0.1) is 7.11 Å². The van der Waals surface area contributed by atoms with Gasteiger partial charge in [0.2, 0.25) is 0 Å². The van der Waals surface area contributed by atoms with Gasteiger partial charge >= 0.3 is 5.97 Å². The summed E-state index contributed by atoms with van der Waals surface area (Å²) in [5, 5.41) is 11.6. The van der Waals surface area contributed by atoms with Crippen molar-refractivity contribution in [3.8, 4) is 5.75 Å². The first kappa shape index (κ1) is 15.9. The molecular weight excluding hydrogens is 265 g/mol. The van der Waals surface area contributed by atoms with Crippen LogP contribution in [0.3, 0.4) is 0 Å². The largest absolute Gasteiger partial charge is 0.494 e. The lowest BCUT2D eigenvalue weighted by atomic mass is 9.86. The molecule has 0 aliphatic rings. The minimum absolute atomic E-state index is 0.0692. The molecule has 1 rings (SSSR count). The highest BCUT2D eigenvalue weighted by Crippen LogP contribution is 2.21. The number of nitrogens with one attached hydrogen (secondary N) is 1. The Labute approximate surface area is 116 Å². The van der Waals surface area contributed by atoms with Gasteiger partial charge in [-0.15, -0.1) is 0 Å². The molecule has 0 heterocycles. The summed E-state index contributed by atoms with van der Waals surface area (Å²) in [7, 11) is 1.29. The lowest BCUT2D eigenvalue weighted by molar-refractivity contribution is -0.142. The summed E-state index contributed by atoms with van der Waals surface area (Å²) < 4.78 is 18.0. The first-order valence-corrected chi connectivity index (χ1v) is 6.04. The number of carbonyl (C=O) groups is 2. The third kappa shape index (κ3) is 3.69. The molecule has 0 aliphatic carbocycles. The molecule has 0 fully saturated rings. The van der Waals surface area contributed by atoms with Crippen molar-refractivity contribution in [3.63, 3.8) is 0 Å². The van der Waals surface area contributed by atoms with Crippen molar-refractivity contribution in [3.05, 3.63) is 29.6 Å². The normalized spacial score (nSPS) is 12.7. The Morgan fingerprint density at radius 2 is 1.95 bits per heavy atom. The molecule has 110 valence electrons. The van der Waals surface area contributed by atoms with Crippen LogP contribution >= 0.6 is 0 Å². The zero-order valence-electron chi connectivity index (χ0n) is 11.9. The molecule has 0 saturated heterocycles. The molecule has 0 aliphatic heterocycles. The number of carbonyl (C=O) groups excluding carboxylic acids is 1. The highest BCUT2D eigenvalue weighted by molar-refractivity contribution is 5.97. The summed E-state index contributed by atoms with van der Waals surface area (Å²) in [5.74, 6) is -2.37. The Balaban J connectivity index is 2.98. The Bertz CT molecular complexity index is 522. The summed E-state index contributed by atoms with van der Waals surface area (Å²) >= 11 is 0. The van der Waals surface area contributed by atoms with E-state index in [1.54, 1.807) is 20.8 Å². The Kier molecular flexibility index (Phi) is 4.70. The van der Waals surface area contributed by atoms with Crippen LogP contribution in [0.4, 0.5) is 4.39 Å². The van der Waals surface area contributed by atoms with Crippen LogP contribution in [0.15, 0.2) is 18.2 Å². The highest BCUT2D eigenvalue weighted by atomic mass is 19.1. The average molecular weight is 283 g/mol. The third-order valence-electron chi connectivity index (χ3n) is 2.80. The second kappa shape index (κ2) is 5.90. The molecule has 1 amide bonds. The number of methoxy groups -OCH3 is 1. The van der Waals surface area contributed by atoms with Crippen molar-refractivity contribution in [2.24, 2.45) is 5.41 Å². The van der Waals surface area contributed by atoms with E-state index in [0.717, 1.165) is 6.07 Å². The van der Waals surface area contributed by atoms with Crippen molar-refractivity contribution in [1.29, 1.82) is 0 Å². The van der Waals surface area contributed by atoms with Crippen molar-refractivity contribution in [2.45, 2.75) is 26.8 Å². The monoisotopic (exact) mass is 283 g/mol. The Morgan fingerprint density at radius 1 is 1.35 bits per heavy atom. The van der Waals surface area contributed by atoms with E-state index in [1.165, 1.54) is 19.2 Å². The van der Waals surface area contributed by atoms with Crippen LogP contribution < -0.4 is 10.1 Å². The maximum Gasteiger partial charge on any atom is 0.326 e. The van der Waals surface area contributed by atoms with Crippen LogP contribution in [-0.4, -0.2) is 30.1 Å². The number of carboxylic acid groups (broad SMARTS) is 1. The maximum absolute atomic E-state index is 13.3. The number of ether oxygens (including phenoxy) is 1. The van der Waals surface area contributed by atoms with Crippen molar-refractivity contribution in [2.75, 3.05) is 7.11 Å². The average Bonchev–Trinajstić information content (AvgIpc) is 2.34. The van der Waals surface area contributed by atoms with Gasteiger partial charge in [0.1, 0.15) is 6.04 Å². The van der Waals surface area contributed by atoms with E-state index in [0.29, 0.717) is 0 Å². The van der Waals surface area contributed by atoms with Gasteiger partial charge in [-0.25, -0.2) is 9.18 Å². The van der Waals surface area contributed by atoms with E-state index in [-0.39, 0.29) is 11.3 Å². The van der Waals surface area contributed by atoms with Crippen LogP contribution in [0.2, 0.25) is 0 Å². The molecule has 0 spiro atoms. The number of aliphatic carboxylic acids is 1. The summed E-state index contributed by atoms with van der Waals surface area (Å²) in [6.45, 7) is 5.12. The molecular formula is C14H18FNO4. The molecule has 0 radical (unpaired) electrons. The van der Waals surface area contributed by atoms with Crippen LogP contribution in [-0.2, 0) is 4.79 Å². The van der Waals surface area contributed by atoms with Gasteiger partial charge in [-0.2, -0.15) is 0 Å². The van der Waals surface area contributed by atoms with E-state index in [2.05, 4.69) is 5.32 Å². The molecule has 1 aromatic rings. The van der Waals surface area contributed by atoms with Crippen molar-refractivity contribution in [1.82, 2.24) is 5.32 Å². The Morgan fingerprint density at radius 3 is 2.40 bits per heavy atom. The van der Waals surface area contributed by atoms with Crippen molar-refractivity contribution < 1.29 is 23.8 Å². The summed E-state index contributed by atoms with van der Waals surface area (Å²) in [6, 6.07) is 2.55. The third-order valence-corrected chi connectivity index (χ3v) is 2.80. The fraction of sp³-hybridized carbons (Fsp3) is 0.429. The quantitative estimate of drug-likeness (QED) is 0.887. The van der Waals surface area contributed by atoms with Gasteiger partial charge in [-0.1, -0.05) is 20.8 Å². The minimum atomic E-state index is -1.13. The van der Waals surface area contributed by atoms with Gasteiger partial charge in [0.15, 0.2) is 11.6 Å². The summed E-state index contributed by atoms with van der Waals surface area (Å²) in [4.78, 5) is 23.2. The molecule has 5 nitrogen and oxygen atoms in total. The molecule has 0 saturated carbocycles. The fourth-order valence-corrected chi connectivity index (χ4v) is 1.66. The smallest absolute Gasteiger partial charge is 0.326 e. The van der Waals surface area contributed by atoms with E-state index in [4.69, 9.17) is 9.84 Å². The zero-order chi connectivity index (χ0) is 15.5. The molecule has 20 heavy (non-hydrogen) atoms. The van der Waals surface area contributed by atoms with E-state index in [1.807, 2.05) is 0 Å². The predicted octanol–water partition coefficient (Wildman–Crippen LogP) is 2.06. The topological polar surface area (TPSA) is 75.6 Å². The maximum atomic E-state index is 13.3. The van der Waals surface area contributed by atoms with Gasteiger partial charge < -0.3 is 15.2 Å². The molecule has 0 bridgehead atoms. The number of rotatable bonds is 4. The molecule has 2 N–H and O–H groups in total. The first-order chi connectivity index (χ1) is 9.16. The number of benzene rings is 1. The van der Waals surface area contributed by atoms with E-state index < -0.39 is 29.2 Å². The van der Waals surface area contributed by atoms with Crippen LogP contribution in [0.25, 0.3) is 0 Å². The summed E-state index contributed by atoms with van der Waals surface area (Å²) in [5.41, 5.74) is -0.509. The minimum Gasteiger partial charge on any atom is -0.494 e. The molecule has 0 aromatic heterocycles. The molecule has 1 unspecified atom stereocenters. The first-order valence-electron chi connectivity index (χ1n) is 6.04. The standard InChI is InChI=1S/C14H18FNO4/c1-14(2,3)11(13(18)19)16-12(17)8-5-6-9(15)10(7-8)20-4/h5-7,11H,1-4H3,(H,16,17)(H,18,19). The molecule has 6 heteroatoms. The van der Waals surface area contributed by atoms with E-state index in [9.17, 15) is 14.0 Å². The van der Waals surface area contributed by atoms with Crippen molar-refractivity contribution >= 4 is 11.9 Å². The highest BCUT2D eigenvalue weighted by Gasteiger charge is 2.32. The number of hydrogen-bond acceptors (Lipinski definition) is 3. The van der Waals surface area contributed by atoms with Crippen LogP contribution in [0.5, 0.6) is 5.75 Å². The summed E-state index contributed by atoms with van der Waals surface area (Å²) in [6.07, 6.45) is 0. The Hall–Kier alpha value is -2.11. The molecule has 1 aromatic carbocycles. The predicted molar refractivity (Wildman–Crippen MR) is 71.3 cm³/mol. The second-order valence-corrected chi connectivity index (χ2v) is 5.46. The number of carboxylic acids is 1. The lowest BCUT2D eigenvalue weighted by Gasteiger charge is -2.27. The second-order valence-electron chi connectivity index (χ2n) is 5.46.